The minimum absolute atomic E-state index is 0.196. The first-order chi connectivity index (χ1) is 11.7. The van der Waals surface area contributed by atoms with Crippen LogP contribution < -0.4 is 5.32 Å². The van der Waals surface area contributed by atoms with Crippen LogP contribution in [0.5, 0.6) is 0 Å². The Kier molecular flexibility index (Phi) is 5.43. The Morgan fingerprint density at radius 2 is 2.21 bits per heavy atom. The van der Waals surface area contributed by atoms with Crippen LogP contribution in [0.1, 0.15) is 29.7 Å². The van der Waals surface area contributed by atoms with E-state index in [-0.39, 0.29) is 12.5 Å². The van der Waals surface area contributed by atoms with Crippen LogP contribution in [0, 0.1) is 0 Å². The summed E-state index contributed by atoms with van der Waals surface area (Å²) in [4.78, 5) is 12.0. The lowest BCUT2D eigenvalue weighted by Crippen LogP contribution is -2.42. The third-order valence-electron chi connectivity index (χ3n) is 4.23. The highest BCUT2D eigenvalue weighted by Crippen LogP contribution is 2.34. The Balaban J connectivity index is 1.51. The molecule has 1 aliphatic rings. The van der Waals surface area contributed by atoms with Gasteiger partial charge >= 0.3 is 0 Å². The standard InChI is InChI=1S/C19H21NO3S/c21-18(9-12-24-13-16-7-4-11-23-16)20-14-19(22)10-3-6-15-5-1-2-8-17(15)19/h1-2,4-5,7-9,11-12,22H,3,6,10,13-14H2,(H,20,21). The summed E-state index contributed by atoms with van der Waals surface area (Å²) in [5.41, 5.74) is 1.14. The smallest absolute Gasteiger partial charge is 0.244 e. The van der Waals surface area contributed by atoms with Gasteiger partial charge in [0.2, 0.25) is 5.91 Å². The van der Waals surface area contributed by atoms with Gasteiger partial charge in [0, 0.05) is 6.08 Å². The number of amides is 1. The summed E-state index contributed by atoms with van der Waals surface area (Å²) < 4.78 is 5.23. The fourth-order valence-corrected chi connectivity index (χ4v) is 3.65. The number of benzene rings is 1. The Labute approximate surface area is 146 Å². The predicted molar refractivity (Wildman–Crippen MR) is 95.4 cm³/mol. The molecule has 0 spiro atoms. The predicted octanol–water partition coefficient (Wildman–Crippen LogP) is 3.37. The highest BCUT2D eigenvalue weighted by molar-refractivity contribution is 8.01. The van der Waals surface area contributed by atoms with E-state index in [0.717, 1.165) is 24.2 Å². The van der Waals surface area contributed by atoms with Crippen LogP contribution in [0.15, 0.2) is 58.6 Å². The number of aliphatic hydroxyl groups is 1. The monoisotopic (exact) mass is 343 g/mol. The highest BCUT2D eigenvalue weighted by Gasteiger charge is 2.34. The molecule has 0 radical (unpaired) electrons. The van der Waals surface area contributed by atoms with E-state index >= 15 is 0 Å². The van der Waals surface area contributed by atoms with Gasteiger partial charge in [0.25, 0.3) is 0 Å². The molecule has 2 N–H and O–H groups in total. The number of nitrogens with one attached hydrogen (secondary N) is 1. The maximum absolute atomic E-state index is 12.0. The maximum atomic E-state index is 12.0. The normalized spacial score (nSPS) is 20.0. The van der Waals surface area contributed by atoms with Crippen LogP contribution in [0.4, 0.5) is 0 Å². The lowest BCUT2D eigenvalue weighted by atomic mass is 9.79. The molecule has 1 aromatic heterocycles. The molecule has 126 valence electrons. The molecule has 1 unspecified atom stereocenters. The SMILES string of the molecule is O=C(C=CSCc1ccco1)NCC1(O)CCCc2ccccc21. The van der Waals surface area contributed by atoms with E-state index in [0.29, 0.717) is 12.2 Å². The van der Waals surface area contributed by atoms with Crippen molar-refractivity contribution < 1.29 is 14.3 Å². The van der Waals surface area contributed by atoms with Gasteiger partial charge < -0.3 is 14.8 Å². The van der Waals surface area contributed by atoms with Crippen molar-refractivity contribution in [2.75, 3.05) is 6.54 Å². The van der Waals surface area contributed by atoms with Crippen molar-refractivity contribution in [2.45, 2.75) is 30.6 Å². The molecule has 0 aliphatic heterocycles. The van der Waals surface area contributed by atoms with E-state index < -0.39 is 5.60 Å². The second kappa shape index (κ2) is 7.73. The van der Waals surface area contributed by atoms with E-state index in [4.69, 9.17) is 4.42 Å². The van der Waals surface area contributed by atoms with Crippen molar-refractivity contribution in [1.29, 1.82) is 0 Å². The number of carbonyl (C=O) groups excluding carboxylic acids is 1. The largest absolute Gasteiger partial charge is 0.468 e. The zero-order valence-electron chi connectivity index (χ0n) is 13.4. The summed E-state index contributed by atoms with van der Waals surface area (Å²) in [6.45, 7) is 0.232. The molecule has 1 heterocycles. The van der Waals surface area contributed by atoms with Gasteiger partial charge in [-0.1, -0.05) is 24.3 Å². The Hall–Kier alpha value is -1.98. The van der Waals surface area contributed by atoms with Crippen LogP contribution in [-0.2, 0) is 22.6 Å². The summed E-state index contributed by atoms with van der Waals surface area (Å²) in [7, 11) is 0. The first kappa shape index (κ1) is 16.9. The van der Waals surface area contributed by atoms with Crippen molar-refractivity contribution in [3.8, 4) is 0 Å². The fraction of sp³-hybridized carbons (Fsp3) is 0.316. The molecule has 0 fully saturated rings. The number of rotatable bonds is 6. The minimum atomic E-state index is -0.973. The third kappa shape index (κ3) is 4.10. The van der Waals surface area contributed by atoms with Gasteiger partial charge in [-0.2, -0.15) is 0 Å². The molecule has 0 bridgehead atoms. The van der Waals surface area contributed by atoms with E-state index in [1.807, 2.05) is 36.4 Å². The quantitative estimate of drug-likeness (QED) is 0.790. The second-order valence-corrected chi connectivity index (χ2v) is 6.85. The number of fused-ring (bicyclic) bond motifs is 1. The molecule has 24 heavy (non-hydrogen) atoms. The lowest BCUT2D eigenvalue weighted by molar-refractivity contribution is -0.118. The third-order valence-corrected chi connectivity index (χ3v) is 5.01. The zero-order chi connectivity index (χ0) is 16.8. The summed E-state index contributed by atoms with van der Waals surface area (Å²) in [5.74, 6) is 1.37. The minimum Gasteiger partial charge on any atom is -0.468 e. The number of carbonyl (C=O) groups is 1. The molecule has 0 saturated heterocycles. The first-order valence-corrected chi connectivity index (χ1v) is 9.11. The van der Waals surface area contributed by atoms with Crippen molar-refractivity contribution in [2.24, 2.45) is 0 Å². The van der Waals surface area contributed by atoms with Crippen LogP contribution in [0.25, 0.3) is 0 Å². The van der Waals surface area contributed by atoms with E-state index in [1.165, 1.54) is 23.4 Å². The molecule has 5 heteroatoms. The molecule has 2 aromatic rings. The molecule has 0 saturated carbocycles. The van der Waals surface area contributed by atoms with Gasteiger partial charge in [0.1, 0.15) is 11.4 Å². The molecule has 1 atom stereocenters. The molecular weight excluding hydrogens is 322 g/mol. The van der Waals surface area contributed by atoms with Gasteiger partial charge in [-0.25, -0.2) is 0 Å². The number of aryl methyl sites for hydroxylation is 1. The van der Waals surface area contributed by atoms with Gasteiger partial charge in [-0.15, -0.1) is 11.8 Å². The number of furan rings is 1. The van der Waals surface area contributed by atoms with Gasteiger partial charge in [0.15, 0.2) is 0 Å². The molecule has 1 aromatic carbocycles. The van der Waals surface area contributed by atoms with E-state index in [1.54, 1.807) is 11.7 Å². The van der Waals surface area contributed by atoms with Crippen LogP contribution in [0.3, 0.4) is 0 Å². The molecule has 1 aliphatic carbocycles. The van der Waals surface area contributed by atoms with Crippen LogP contribution in [-0.4, -0.2) is 17.6 Å². The maximum Gasteiger partial charge on any atom is 0.244 e. The van der Waals surface area contributed by atoms with Crippen molar-refractivity contribution in [3.63, 3.8) is 0 Å². The second-order valence-electron chi connectivity index (χ2n) is 5.95. The number of thioether (sulfide) groups is 1. The van der Waals surface area contributed by atoms with Gasteiger partial charge in [-0.05, 0) is 47.9 Å². The Bertz CT molecular complexity index is 711. The summed E-state index contributed by atoms with van der Waals surface area (Å²) in [6.07, 6.45) is 5.70. The lowest BCUT2D eigenvalue weighted by Gasteiger charge is -2.34. The fourth-order valence-electron chi connectivity index (χ4n) is 3.01. The topological polar surface area (TPSA) is 62.5 Å². The summed E-state index contributed by atoms with van der Waals surface area (Å²) in [5, 5.41) is 15.5. The van der Waals surface area contributed by atoms with E-state index in [2.05, 4.69) is 5.32 Å². The van der Waals surface area contributed by atoms with Gasteiger partial charge in [0.05, 0.1) is 18.6 Å². The van der Waals surface area contributed by atoms with Crippen molar-refractivity contribution >= 4 is 17.7 Å². The average molecular weight is 343 g/mol. The molecule has 3 rings (SSSR count). The Morgan fingerprint density at radius 1 is 1.33 bits per heavy atom. The molecule has 4 nitrogen and oxygen atoms in total. The summed E-state index contributed by atoms with van der Waals surface area (Å²) >= 11 is 1.49. The first-order valence-electron chi connectivity index (χ1n) is 8.06. The number of hydrogen-bond donors (Lipinski definition) is 2. The van der Waals surface area contributed by atoms with Crippen LogP contribution in [0.2, 0.25) is 0 Å². The van der Waals surface area contributed by atoms with Crippen molar-refractivity contribution in [1.82, 2.24) is 5.32 Å². The summed E-state index contributed by atoms with van der Waals surface area (Å²) in [6, 6.07) is 11.7. The average Bonchev–Trinajstić information content (AvgIpc) is 3.11. The van der Waals surface area contributed by atoms with Crippen molar-refractivity contribution in [3.05, 3.63) is 71.0 Å². The molecular formula is C19H21NO3S. The van der Waals surface area contributed by atoms with Crippen LogP contribution >= 0.6 is 11.8 Å². The zero-order valence-corrected chi connectivity index (χ0v) is 14.2. The van der Waals surface area contributed by atoms with E-state index in [9.17, 15) is 9.90 Å². The number of hydrogen-bond acceptors (Lipinski definition) is 4. The van der Waals surface area contributed by atoms with Gasteiger partial charge in [-0.3, -0.25) is 4.79 Å². The highest BCUT2D eigenvalue weighted by atomic mass is 32.2. The Morgan fingerprint density at radius 3 is 3.04 bits per heavy atom. The molecule has 1 amide bonds.